The van der Waals surface area contributed by atoms with Gasteiger partial charge in [-0.05, 0) is 30.7 Å². The summed E-state index contributed by atoms with van der Waals surface area (Å²) in [6.45, 7) is 2.68. The van der Waals surface area contributed by atoms with E-state index in [1.54, 1.807) is 12.1 Å². The first-order valence-corrected chi connectivity index (χ1v) is 6.46. The topological polar surface area (TPSA) is 26.3 Å². The van der Waals surface area contributed by atoms with Crippen LogP contribution in [0, 0.1) is 0 Å². The van der Waals surface area contributed by atoms with Gasteiger partial charge in [0.25, 0.3) is 0 Å². The molecular weight excluding hydrogens is 268 g/mol. The van der Waals surface area contributed by atoms with Gasteiger partial charge in [0.15, 0.2) is 0 Å². The first-order chi connectivity index (χ1) is 7.74. The van der Waals surface area contributed by atoms with E-state index < -0.39 is 0 Å². The Morgan fingerprint density at radius 1 is 1.19 bits per heavy atom. The van der Waals surface area contributed by atoms with E-state index in [9.17, 15) is 4.79 Å². The van der Waals surface area contributed by atoms with Crippen molar-refractivity contribution in [3.8, 4) is 0 Å². The van der Waals surface area contributed by atoms with E-state index in [2.05, 4.69) is 22.9 Å². The molecule has 0 spiro atoms. The minimum Gasteiger partial charge on any atom is -0.462 e. The molecule has 0 aliphatic heterocycles. The molecule has 0 saturated heterocycles. The molecule has 1 rings (SSSR count). The van der Waals surface area contributed by atoms with Crippen molar-refractivity contribution in [1.29, 1.82) is 0 Å². The molecule has 0 aliphatic rings. The van der Waals surface area contributed by atoms with Crippen LogP contribution in [0.4, 0.5) is 0 Å². The van der Waals surface area contributed by atoms with Crippen LogP contribution in [0.2, 0.25) is 0 Å². The number of carbonyl (C=O) groups is 1. The zero-order valence-corrected chi connectivity index (χ0v) is 11.1. The van der Waals surface area contributed by atoms with E-state index in [0.29, 0.717) is 12.2 Å². The fourth-order valence-corrected chi connectivity index (χ4v) is 1.63. The normalized spacial score (nSPS) is 10.1. The Morgan fingerprint density at radius 2 is 1.88 bits per heavy atom. The van der Waals surface area contributed by atoms with Gasteiger partial charge in [-0.15, -0.1) is 0 Å². The van der Waals surface area contributed by atoms with Gasteiger partial charge in [-0.3, -0.25) is 0 Å². The highest BCUT2D eigenvalue weighted by atomic mass is 79.9. The highest BCUT2D eigenvalue weighted by molar-refractivity contribution is 9.10. The third-order valence-corrected chi connectivity index (χ3v) is 2.84. The van der Waals surface area contributed by atoms with Crippen molar-refractivity contribution >= 4 is 21.9 Å². The number of rotatable bonds is 6. The third-order valence-electron chi connectivity index (χ3n) is 2.31. The predicted molar refractivity (Wildman–Crippen MR) is 68.6 cm³/mol. The molecule has 0 fully saturated rings. The molecule has 1 aromatic rings. The van der Waals surface area contributed by atoms with Crippen LogP contribution in [0.1, 0.15) is 43.0 Å². The molecule has 0 heterocycles. The molecule has 3 heteroatoms. The van der Waals surface area contributed by atoms with Crippen molar-refractivity contribution in [3.05, 3.63) is 34.3 Å². The van der Waals surface area contributed by atoms with Gasteiger partial charge in [-0.1, -0.05) is 42.1 Å². The molecule has 0 aromatic heterocycles. The summed E-state index contributed by atoms with van der Waals surface area (Å²) in [5.41, 5.74) is 0.610. The van der Waals surface area contributed by atoms with Crippen molar-refractivity contribution in [1.82, 2.24) is 0 Å². The lowest BCUT2D eigenvalue weighted by Gasteiger charge is -2.04. The number of hydrogen-bond acceptors (Lipinski definition) is 2. The lowest BCUT2D eigenvalue weighted by Crippen LogP contribution is -2.06. The summed E-state index contributed by atoms with van der Waals surface area (Å²) in [5, 5.41) is 0. The fourth-order valence-electron chi connectivity index (χ4n) is 1.36. The van der Waals surface area contributed by atoms with Crippen molar-refractivity contribution in [2.45, 2.75) is 32.6 Å². The van der Waals surface area contributed by atoms with Crippen LogP contribution in [0.5, 0.6) is 0 Å². The summed E-state index contributed by atoms with van der Waals surface area (Å²) in [6.07, 6.45) is 4.48. The molecule has 0 atom stereocenters. The van der Waals surface area contributed by atoms with Crippen molar-refractivity contribution < 1.29 is 9.53 Å². The molecule has 1 aromatic carbocycles. The van der Waals surface area contributed by atoms with E-state index in [0.717, 1.165) is 17.3 Å². The highest BCUT2D eigenvalue weighted by Gasteiger charge is 2.05. The molecule has 0 amide bonds. The van der Waals surface area contributed by atoms with Gasteiger partial charge in [0.05, 0.1) is 12.2 Å². The van der Waals surface area contributed by atoms with Crippen molar-refractivity contribution in [2.24, 2.45) is 0 Å². The number of benzene rings is 1. The third kappa shape index (κ3) is 4.79. The molecule has 0 unspecified atom stereocenters. The van der Waals surface area contributed by atoms with Crippen LogP contribution < -0.4 is 0 Å². The predicted octanol–water partition coefficient (Wildman–Crippen LogP) is 4.19. The van der Waals surface area contributed by atoms with Gasteiger partial charge in [0, 0.05) is 4.47 Å². The summed E-state index contributed by atoms with van der Waals surface area (Å²) < 4.78 is 6.13. The Labute approximate surface area is 105 Å². The number of unbranched alkanes of at least 4 members (excludes halogenated alkanes) is 3. The molecule has 2 nitrogen and oxygen atoms in total. The van der Waals surface area contributed by atoms with Gasteiger partial charge in [0.2, 0.25) is 0 Å². The number of hydrogen-bond donors (Lipinski definition) is 0. The summed E-state index contributed by atoms with van der Waals surface area (Å²) in [5.74, 6) is -0.232. The Balaban J connectivity index is 2.27. The lowest BCUT2D eigenvalue weighted by molar-refractivity contribution is 0.0498. The summed E-state index contributed by atoms with van der Waals surface area (Å²) >= 11 is 3.32. The first-order valence-electron chi connectivity index (χ1n) is 5.66. The zero-order chi connectivity index (χ0) is 11.8. The van der Waals surface area contributed by atoms with Crippen LogP contribution in [0.3, 0.4) is 0 Å². The number of halogens is 1. The van der Waals surface area contributed by atoms with Crippen LogP contribution in [-0.4, -0.2) is 12.6 Å². The average molecular weight is 285 g/mol. The Morgan fingerprint density at radius 3 is 2.50 bits per heavy atom. The largest absolute Gasteiger partial charge is 0.462 e. The second-order valence-corrected chi connectivity index (χ2v) is 4.62. The fraction of sp³-hybridized carbons (Fsp3) is 0.462. The van der Waals surface area contributed by atoms with E-state index in [1.165, 1.54) is 12.8 Å². The second kappa shape index (κ2) is 7.44. The minimum atomic E-state index is -0.232. The summed E-state index contributed by atoms with van der Waals surface area (Å²) in [7, 11) is 0. The zero-order valence-electron chi connectivity index (χ0n) is 9.54. The number of esters is 1. The molecule has 16 heavy (non-hydrogen) atoms. The average Bonchev–Trinajstić information content (AvgIpc) is 2.29. The van der Waals surface area contributed by atoms with Gasteiger partial charge < -0.3 is 4.74 Å². The monoisotopic (exact) mass is 284 g/mol. The Bertz CT molecular complexity index is 319. The molecule has 0 saturated carbocycles. The van der Waals surface area contributed by atoms with E-state index in [4.69, 9.17) is 4.74 Å². The molecular formula is C13H17BrO2. The quantitative estimate of drug-likeness (QED) is 0.578. The Hall–Kier alpha value is -0.830. The summed E-state index contributed by atoms with van der Waals surface area (Å²) in [6, 6.07) is 7.21. The minimum absolute atomic E-state index is 0.232. The number of carbonyl (C=O) groups excluding carboxylic acids is 1. The standard InChI is InChI=1S/C13H17BrO2/c1-2-3-4-5-10-16-13(15)11-6-8-12(14)9-7-11/h6-9H,2-5,10H2,1H3. The first kappa shape index (κ1) is 13.2. The SMILES string of the molecule is CCCCCCOC(=O)c1ccc(Br)cc1. The summed E-state index contributed by atoms with van der Waals surface area (Å²) in [4.78, 5) is 11.6. The van der Waals surface area contributed by atoms with Gasteiger partial charge >= 0.3 is 5.97 Å². The van der Waals surface area contributed by atoms with Crippen LogP contribution in [0.15, 0.2) is 28.7 Å². The van der Waals surface area contributed by atoms with Gasteiger partial charge in [-0.25, -0.2) is 4.79 Å². The lowest BCUT2D eigenvalue weighted by atomic mass is 10.2. The second-order valence-electron chi connectivity index (χ2n) is 3.70. The van der Waals surface area contributed by atoms with Gasteiger partial charge in [-0.2, -0.15) is 0 Å². The van der Waals surface area contributed by atoms with Gasteiger partial charge in [0.1, 0.15) is 0 Å². The molecule has 0 aliphatic carbocycles. The Kier molecular flexibility index (Phi) is 6.16. The highest BCUT2D eigenvalue weighted by Crippen LogP contribution is 2.11. The maximum Gasteiger partial charge on any atom is 0.338 e. The maximum atomic E-state index is 11.6. The van der Waals surface area contributed by atoms with Crippen molar-refractivity contribution in [2.75, 3.05) is 6.61 Å². The smallest absolute Gasteiger partial charge is 0.338 e. The van der Waals surface area contributed by atoms with E-state index >= 15 is 0 Å². The van der Waals surface area contributed by atoms with Crippen molar-refractivity contribution in [3.63, 3.8) is 0 Å². The van der Waals surface area contributed by atoms with Crippen LogP contribution in [0.25, 0.3) is 0 Å². The molecule has 0 radical (unpaired) electrons. The number of ether oxygens (including phenoxy) is 1. The van der Waals surface area contributed by atoms with Crippen LogP contribution >= 0.6 is 15.9 Å². The van der Waals surface area contributed by atoms with Crippen LogP contribution in [-0.2, 0) is 4.74 Å². The molecule has 88 valence electrons. The van der Waals surface area contributed by atoms with E-state index in [-0.39, 0.29) is 5.97 Å². The van der Waals surface area contributed by atoms with E-state index in [1.807, 2.05) is 12.1 Å². The molecule has 0 bridgehead atoms. The molecule has 0 N–H and O–H groups in total. The maximum absolute atomic E-state index is 11.6.